The van der Waals surface area contributed by atoms with Gasteiger partial charge in [-0.3, -0.25) is 9.67 Å². The molecule has 1 aromatic carbocycles. The second-order valence-corrected chi connectivity index (χ2v) is 6.50. The van der Waals surface area contributed by atoms with E-state index in [-0.39, 0.29) is 6.10 Å². The molecule has 2 heterocycles. The quantitative estimate of drug-likeness (QED) is 0.459. The normalized spacial score (nSPS) is 17.8. The molecule has 1 fully saturated rings. The first kappa shape index (κ1) is 19.2. The van der Waals surface area contributed by atoms with E-state index < -0.39 is 0 Å². The lowest BCUT2D eigenvalue weighted by Crippen LogP contribution is -2.48. The van der Waals surface area contributed by atoms with Crippen LogP contribution in [0.4, 0.5) is 0 Å². The van der Waals surface area contributed by atoms with Crippen LogP contribution in [0.5, 0.6) is 5.75 Å². The number of aryl methyl sites for hydroxylation is 1. The third kappa shape index (κ3) is 5.72. The van der Waals surface area contributed by atoms with E-state index in [4.69, 9.17) is 14.5 Å². The average Bonchev–Trinajstić information content (AvgIpc) is 3.14. The van der Waals surface area contributed by atoms with E-state index in [9.17, 15) is 0 Å². The lowest BCUT2D eigenvalue weighted by molar-refractivity contribution is -0.00804. The van der Waals surface area contributed by atoms with Gasteiger partial charge in [-0.1, -0.05) is 18.2 Å². The summed E-state index contributed by atoms with van der Waals surface area (Å²) in [4.78, 5) is 7.04. The molecule has 0 radical (unpaired) electrons. The van der Waals surface area contributed by atoms with Crippen molar-refractivity contribution in [3.8, 4) is 5.75 Å². The van der Waals surface area contributed by atoms with Gasteiger partial charge in [-0.25, -0.2) is 0 Å². The fourth-order valence-corrected chi connectivity index (χ4v) is 3.03. The zero-order valence-electron chi connectivity index (χ0n) is 16.2. The van der Waals surface area contributed by atoms with Crippen LogP contribution in [-0.4, -0.2) is 60.0 Å². The second kappa shape index (κ2) is 9.97. The van der Waals surface area contributed by atoms with Crippen LogP contribution in [0.15, 0.2) is 47.7 Å². The van der Waals surface area contributed by atoms with Crippen molar-refractivity contribution in [2.45, 2.75) is 19.4 Å². The van der Waals surface area contributed by atoms with E-state index in [0.29, 0.717) is 13.2 Å². The number of ether oxygens (including phenoxy) is 2. The summed E-state index contributed by atoms with van der Waals surface area (Å²) in [6.45, 7) is 6.61. The first-order valence-electron chi connectivity index (χ1n) is 9.57. The van der Waals surface area contributed by atoms with Crippen molar-refractivity contribution in [1.82, 2.24) is 20.0 Å². The van der Waals surface area contributed by atoms with E-state index in [0.717, 1.165) is 49.9 Å². The van der Waals surface area contributed by atoms with Crippen LogP contribution < -0.4 is 10.1 Å². The SMILES string of the molecule is CCNC(=NCCCOc1ccccc1)N1CCOC(c2cnn(C)c2)C1. The van der Waals surface area contributed by atoms with Gasteiger partial charge in [0.2, 0.25) is 0 Å². The molecule has 1 saturated heterocycles. The molecule has 1 aliphatic rings. The third-order valence-electron chi connectivity index (χ3n) is 4.37. The van der Waals surface area contributed by atoms with Crippen LogP contribution >= 0.6 is 0 Å². The molecule has 1 N–H and O–H groups in total. The van der Waals surface area contributed by atoms with Crippen LogP contribution in [0.3, 0.4) is 0 Å². The van der Waals surface area contributed by atoms with Gasteiger partial charge in [-0.05, 0) is 19.1 Å². The predicted molar refractivity (Wildman–Crippen MR) is 106 cm³/mol. The number of morpholine rings is 1. The summed E-state index contributed by atoms with van der Waals surface area (Å²) in [6, 6.07) is 9.89. The third-order valence-corrected chi connectivity index (χ3v) is 4.37. The molecule has 27 heavy (non-hydrogen) atoms. The molecule has 1 atom stereocenters. The summed E-state index contributed by atoms with van der Waals surface area (Å²) in [5, 5.41) is 7.65. The number of guanidine groups is 1. The smallest absolute Gasteiger partial charge is 0.194 e. The topological polar surface area (TPSA) is 63.9 Å². The Bertz CT molecular complexity index is 716. The Hall–Kier alpha value is -2.54. The van der Waals surface area contributed by atoms with E-state index in [1.54, 1.807) is 0 Å². The largest absolute Gasteiger partial charge is 0.494 e. The fraction of sp³-hybridized carbons (Fsp3) is 0.500. The summed E-state index contributed by atoms with van der Waals surface area (Å²) < 4.78 is 13.5. The molecule has 0 spiro atoms. The Labute approximate surface area is 161 Å². The van der Waals surface area contributed by atoms with Crippen molar-refractivity contribution in [3.05, 3.63) is 48.3 Å². The maximum atomic E-state index is 5.93. The average molecular weight is 371 g/mol. The molecule has 1 unspecified atom stereocenters. The maximum Gasteiger partial charge on any atom is 0.194 e. The summed E-state index contributed by atoms with van der Waals surface area (Å²) in [5.41, 5.74) is 1.11. The van der Waals surface area contributed by atoms with Gasteiger partial charge in [0, 0.05) is 44.9 Å². The highest BCUT2D eigenvalue weighted by molar-refractivity contribution is 5.80. The number of para-hydroxylation sites is 1. The Balaban J connectivity index is 1.51. The molecule has 1 aliphatic heterocycles. The minimum Gasteiger partial charge on any atom is -0.494 e. The Morgan fingerprint density at radius 1 is 1.37 bits per heavy atom. The van der Waals surface area contributed by atoms with E-state index >= 15 is 0 Å². The highest BCUT2D eigenvalue weighted by Gasteiger charge is 2.25. The first-order valence-corrected chi connectivity index (χ1v) is 9.57. The van der Waals surface area contributed by atoms with Crippen LogP contribution in [0.2, 0.25) is 0 Å². The highest BCUT2D eigenvalue weighted by atomic mass is 16.5. The Morgan fingerprint density at radius 3 is 2.96 bits per heavy atom. The van der Waals surface area contributed by atoms with Gasteiger partial charge in [-0.2, -0.15) is 5.10 Å². The van der Waals surface area contributed by atoms with Crippen molar-refractivity contribution in [2.75, 3.05) is 39.4 Å². The number of hydrogen-bond donors (Lipinski definition) is 1. The summed E-state index contributed by atoms with van der Waals surface area (Å²) in [5.74, 6) is 1.84. The fourth-order valence-electron chi connectivity index (χ4n) is 3.03. The molecule has 0 saturated carbocycles. The van der Waals surface area contributed by atoms with Crippen LogP contribution in [0.25, 0.3) is 0 Å². The van der Waals surface area contributed by atoms with Crippen molar-refractivity contribution in [1.29, 1.82) is 0 Å². The number of nitrogens with zero attached hydrogens (tertiary/aromatic N) is 4. The predicted octanol–water partition coefficient (Wildman–Crippen LogP) is 2.23. The van der Waals surface area contributed by atoms with E-state index in [1.807, 2.05) is 54.5 Å². The van der Waals surface area contributed by atoms with Crippen molar-refractivity contribution >= 4 is 5.96 Å². The summed E-state index contributed by atoms with van der Waals surface area (Å²) >= 11 is 0. The molecule has 0 amide bonds. The monoisotopic (exact) mass is 371 g/mol. The number of aliphatic imine (C=N–C) groups is 1. The van der Waals surface area contributed by atoms with Gasteiger partial charge in [0.15, 0.2) is 5.96 Å². The van der Waals surface area contributed by atoms with Gasteiger partial charge in [0.25, 0.3) is 0 Å². The zero-order valence-corrected chi connectivity index (χ0v) is 16.2. The van der Waals surface area contributed by atoms with Crippen LogP contribution in [0.1, 0.15) is 25.0 Å². The molecule has 0 aliphatic carbocycles. The minimum absolute atomic E-state index is 0.0257. The summed E-state index contributed by atoms with van der Waals surface area (Å²) in [6.07, 6.45) is 4.79. The lowest BCUT2D eigenvalue weighted by atomic mass is 10.1. The standard InChI is InChI=1S/C20H29N5O2/c1-3-21-20(22-10-7-12-26-18-8-5-4-6-9-18)25-11-13-27-19(16-25)17-14-23-24(2)15-17/h4-6,8-9,14-15,19H,3,7,10-13,16H2,1-2H3,(H,21,22). The number of nitrogens with one attached hydrogen (secondary N) is 1. The number of aromatic nitrogens is 2. The maximum absolute atomic E-state index is 5.93. The Kier molecular flexibility index (Phi) is 7.10. The highest BCUT2D eigenvalue weighted by Crippen LogP contribution is 2.21. The van der Waals surface area contributed by atoms with Crippen molar-refractivity contribution in [3.63, 3.8) is 0 Å². The van der Waals surface area contributed by atoms with Crippen molar-refractivity contribution < 1.29 is 9.47 Å². The van der Waals surface area contributed by atoms with Gasteiger partial charge in [-0.15, -0.1) is 0 Å². The molecular formula is C20H29N5O2. The first-order chi connectivity index (χ1) is 13.3. The molecule has 3 rings (SSSR count). The molecule has 0 bridgehead atoms. The van der Waals surface area contributed by atoms with Gasteiger partial charge in [0.1, 0.15) is 11.9 Å². The number of hydrogen-bond acceptors (Lipinski definition) is 4. The lowest BCUT2D eigenvalue weighted by Gasteiger charge is -2.34. The molecule has 146 valence electrons. The minimum atomic E-state index is 0.0257. The van der Waals surface area contributed by atoms with Crippen LogP contribution in [0, 0.1) is 0 Å². The van der Waals surface area contributed by atoms with Gasteiger partial charge in [0.05, 0.1) is 26.0 Å². The second-order valence-electron chi connectivity index (χ2n) is 6.50. The van der Waals surface area contributed by atoms with Crippen LogP contribution in [-0.2, 0) is 11.8 Å². The van der Waals surface area contributed by atoms with Gasteiger partial charge < -0.3 is 19.7 Å². The number of benzene rings is 1. The zero-order chi connectivity index (χ0) is 18.9. The molecule has 7 nitrogen and oxygen atoms in total. The van der Waals surface area contributed by atoms with Crippen molar-refractivity contribution in [2.24, 2.45) is 12.0 Å². The molecule has 1 aromatic heterocycles. The van der Waals surface area contributed by atoms with E-state index in [2.05, 4.69) is 22.2 Å². The van der Waals surface area contributed by atoms with E-state index in [1.165, 1.54) is 0 Å². The number of rotatable bonds is 7. The Morgan fingerprint density at radius 2 is 2.22 bits per heavy atom. The molecule has 2 aromatic rings. The van der Waals surface area contributed by atoms with Gasteiger partial charge >= 0.3 is 0 Å². The molecular weight excluding hydrogens is 342 g/mol. The summed E-state index contributed by atoms with van der Waals surface area (Å²) in [7, 11) is 1.92. The molecule has 7 heteroatoms.